The Bertz CT molecular complexity index is 1050. The van der Waals surface area contributed by atoms with Crippen molar-refractivity contribution in [2.24, 2.45) is 0 Å². The lowest BCUT2D eigenvalue weighted by molar-refractivity contribution is -0.115. The molecule has 1 amide bonds. The second-order valence-corrected chi connectivity index (χ2v) is 8.28. The molecule has 0 aliphatic carbocycles. The highest BCUT2D eigenvalue weighted by Gasteiger charge is 2.16. The lowest BCUT2D eigenvalue weighted by Gasteiger charge is -2.10. The standard InChI is InChI=1S/C18H14F2N2O3S2/c19-16-8-7-15(11-17(16)20)27(24,25)22-13-5-3-12(4-6-13)21-18(23)10-14-2-1-9-26-14/h1-9,11,22H,10H2,(H,21,23). The van der Waals surface area contributed by atoms with Crippen LogP contribution in [0.3, 0.4) is 0 Å². The first-order valence-electron chi connectivity index (χ1n) is 7.74. The molecule has 0 saturated carbocycles. The van der Waals surface area contributed by atoms with Crippen LogP contribution in [0.5, 0.6) is 0 Å². The predicted molar refractivity (Wildman–Crippen MR) is 100 cm³/mol. The molecule has 0 unspecified atom stereocenters. The molecular weight excluding hydrogens is 394 g/mol. The van der Waals surface area contributed by atoms with E-state index in [1.54, 1.807) is 0 Å². The summed E-state index contributed by atoms with van der Waals surface area (Å²) >= 11 is 1.48. The number of nitrogens with one attached hydrogen (secondary N) is 2. The molecule has 0 aliphatic rings. The summed E-state index contributed by atoms with van der Waals surface area (Å²) in [4.78, 5) is 12.5. The Hall–Kier alpha value is -2.78. The first kappa shape index (κ1) is 19.0. The zero-order valence-electron chi connectivity index (χ0n) is 13.8. The normalized spacial score (nSPS) is 11.2. The molecule has 140 valence electrons. The molecule has 3 aromatic rings. The molecule has 2 N–H and O–H groups in total. The van der Waals surface area contributed by atoms with Crippen LogP contribution in [0.4, 0.5) is 20.2 Å². The third kappa shape index (κ3) is 4.89. The Morgan fingerprint density at radius 1 is 0.963 bits per heavy atom. The van der Waals surface area contributed by atoms with E-state index in [-0.39, 0.29) is 18.0 Å². The van der Waals surface area contributed by atoms with E-state index in [2.05, 4.69) is 10.0 Å². The highest BCUT2D eigenvalue weighted by atomic mass is 32.2. The minimum absolute atomic E-state index is 0.187. The molecule has 0 saturated heterocycles. The lowest BCUT2D eigenvalue weighted by atomic mass is 10.2. The average molecular weight is 408 g/mol. The topological polar surface area (TPSA) is 75.3 Å². The Morgan fingerprint density at radius 2 is 1.67 bits per heavy atom. The lowest BCUT2D eigenvalue weighted by Crippen LogP contribution is -2.15. The molecule has 1 heterocycles. The van der Waals surface area contributed by atoms with Crippen LogP contribution < -0.4 is 10.0 Å². The number of hydrogen-bond donors (Lipinski definition) is 2. The number of rotatable bonds is 6. The van der Waals surface area contributed by atoms with Crippen molar-refractivity contribution >= 4 is 38.6 Å². The quantitative estimate of drug-likeness (QED) is 0.647. The summed E-state index contributed by atoms with van der Waals surface area (Å²) in [7, 11) is -4.07. The van der Waals surface area contributed by atoms with Gasteiger partial charge in [0, 0.05) is 16.3 Å². The smallest absolute Gasteiger partial charge is 0.261 e. The van der Waals surface area contributed by atoms with Crippen LogP contribution in [-0.4, -0.2) is 14.3 Å². The minimum atomic E-state index is -4.07. The maximum atomic E-state index is 13.3. The number of carbonyl (C=O) groups is 1. The molecule has 0 fully saturated rings. The molecule has 0 spiro atoms. The largest absolute Gasteiger partial charge is 0.326 e. The highest BCUT2D eigenvalue weighted by Crippen LogP contribution is 2.20. The van der Waals surface area contributed by atoms with Crippen LogP contribution in [0.2, 0.25) is 0 Å². The van der Waals surface area contributed by atoms with Gasteiger partial charge in [-0.25, -0.2) is 17.2 Å². The van der Waals surface area contributed by atoms with Gasteiger partial charge in [-0.2, -0.15) is 0 Å². The van der Waals surface area contributed by atoms with Crippen LogP contribution in [0.25, 0.3) is 0 Å². The summed E-state index contributed by atoms with van der Waals surface area (Å²) in [5, 5.41) is 4.60. The van der Waals surface area contributed by atoms with Crippen molar-refractivity contribution in [3.8, 4) is 0 Å². The molecule has 0 bridgehead atoms. The molecular formula is C18H14F2N2O3S2. The fraction of sp³-hybridized carbons (Fsp3) is 0.0556. The van der Waals surface area contributed by atoms with Gasteiger partial charge in [0.1, 0.15) is 0 Å². The van der Waals surface area contributed by atoms with Gasteiger partial charge in [0.25, 0.3) is 10.0 Å². The van der Waals surface area contributed by atoms with Gasteiger partial charge in [-0.3, -0.25) is 9.52 Å². The van der Waals surface area contributed by atoms with Crippen molar-refractivity contribution in [3.63, 3.8) is 0 Å². The van der Waals surface area contributed by atoms with Crippen LogP contribution in [0.1, 0.15) is 4.88 Å². The fourth-order valence-electron chi connectivity index (χ4n) is 2.26. The minimum Gasteiger partial charge on any atom is -0.326 e. The van der Waals surface area contributed by atoms with Gasteiger partial charge in [0.2, 0.25) is 5.91 Å². The Morgan fingerprint density at radius 3 is 2.30 bits per heavy atom. The van der Waals surface area contributed by atoms with Crippen LogP contribution >= 0.6 is 11.3 Å². The van der Waals surface area contributed by atoms with Crippen molar-refractivity contribution in [2.45, 2.75) is 11.3 Å². The predicted octanol–water partition coefficient (Wildman–Crippen LogP) is 4.01. The van der Waals surface area contributed by atoms with Gasteiger partial charge in [0.15, 0.2) is 11.6 Å². The van der Waals surface area contributed by atoms with Gasteiger partial charge >= 0.3 is 0 Å². The van der Waals surface area contributed by atoms with Crippen molar-refractivity contribution in [1.82, 2.24) is 0 Å². The third-order valence-corrected chi connectivity index (χ3v) is 5.79. The van der Waals surface area contributed by atoms with Gasteiger partial charge in [0.05, 0.1) is 11.3 Å². The van der Waals surface area contributed by atoms with E-state index in [0.29, 0.717) is 11.8 Å². The molecule has 9 heteroatoms. The van der Waals surface area contributed by atoms with Crippen molar-refractivity contribution < 1.29 is 22.0 Å². The first-order chi connectivity index (χ1) is 12.8. The zero-order valence-corrected chi connectivity index (χ0v) is 15.4. The Balaban J connectivity index is 1.66. The second-order valence-electron chi connectivity index (χ2n) is 5.56. The Kier molecular flexibility index (Phi) is 5.52. The van der Waals surface area contributed by atoms with Crippen molar-refractivity contribution in [1.29, 1.82) is 0 Å². The van der Waals surface area contributed by atoms with E-state index in [0.717, 1.165) is 17.0 Å². The summed E-state index contributed by atoms with van der Waals surface area (Å²) in [6.45, 7) is 0. The summed E-state index contributed by atoms with van der Waals surface area (Å²) in [6, 6.07) is 12.0. The number of thiophene rings is 1. The van der Waals surface area contributed by atoms with E-state index >= 15 is 0 Å². The van der Waals surface area contributed by atoms with E-state index in [9.17, 15) is 22.0 Å². The highest BCUT2D eigenvalue weighted by molar-refractivity contribution is 7.92. The van der Waals surface area contributed by atoms with Crippen LogP contribution in [-0.2, 0) is 21.2 Å². The molecule has 0 atom stereocenters. The molecule has 3 rings (SSSR count). The first-order valence-corrected chi connectivity index (χ1v) is 10.1. The number of amides is 1. The molecule has 2 aromatic carbocycles. The van der Waals surface area contributed by atoms with E-state index in [4.69, 9.17) is 0 Å². The molecule has 0 radical (unpaired) electrons. The van der Waals surface area contributed by atoms with Crippen molar-refractivity contribution in [2.75, 3.05) is 10.0 Å². The number of hydrogen-bond acceptors (Lipinski definition) is 4. The number of carbonyl (C=O) groups excluding carboxylic acids is 1. The number of anilines is 2. The van der Waals surface area contributed by atoms with Gasteiger partial charge < -0.3 is 5.32 Å². The van der Waals surface area contributed by atoms with Gasteiger partial charge in [-0.1, -0.05) is 6.07 Å². The third-order valence-electron chi connectivity index (χ3n) is 3.54. The number of sulfonamides is 1. The number of halogens is 2. The van der Waals surface area contributed by atoms with Gasteiger partial charge in [-0.15, -0.1) is 11.3 Å². The van der Waals surface area contributed by atoms with E-state index in [1.165, 1.54) is 35.6 Å². The average Bonchev–Trinajstić information content (AvgIpc) is 3.11. The second kappa shape index (κ2) is 7.85. The molecule has 5 nitrogen and oxygen atoms in total. The maximum Gasteiger partial charge on any atom is 0.261 e. The van der Waals surface area contributed by atoms with E-state index in [1.807, 2.05) is 17.5 Å². The van der Waals surface area contributed by atoms with E-state index < -0.39 is 26.6 Å². The molecule has 0 aliphatic heterocycles. The zero-order chi connectivity index (χ0) is 19.4. The molecule has 27 heavy (non-hydrogen) atoms. The summed E-state index contributed by atoms with van der Waals surface area (Å²) in [5.41, 5.74) is 0.725. The Labute approximate surface area is 158 Å². The summed E-state index contributed by atoms with van der Waals surface area (Å²) in [6.07, 6.45) is 0.252. The fourth-order valence-corrected chi connectivity index (χ4v) is 4.03. The summed E-state index contributed by atoms with van der Waals surface area (Å²) < 4.78 is 53.0. The maximum absolute atomic E-state index is 13.3. The monoisotopic (exact) mass is 408 g/mol. The SMILES string of the molecule is O=C(Cc1cccs1)Nc1ccc(NS(=O)(=O)c2ccc(F)c(F)c2)cc1. The van der Waals surface area contributed by atoms with Gasteiger partial charge in [-0.05, 0) is 53.9 Å². The van der Waals surface area contributed by atoms with Crippen molar-refractivity contribution in [3.05, 3.63) is 76.5 Å². The van der Waals surface area contributed by atoms with Crippen LogP contribution in [0.15, 0.2) is 64.9 Å². The summed E-state index contributed by atoms with van der Waals surface area (Å²) in [5.74, 6) is -2.56. The molecule has 1 aromatic heterocycles. The van der Waals surface area contributed by atoms with Crippen LogP contribution in [0, 0.1) is 11.6 Å². The number of benzene rings is 2.